The van der Waals surface area contributed by atoms with Crippen molar-refractivity contribution in [3.05, 3.63) is 6.33 Å². The van der Waals surface area contributed by atoms with Crippen molar-refractivity contribution in [1.82, 2.24) is 19.5 Å². The number of ether oxygens (including phenoxy) is 1. The van der Waals surface area contributed by atoms with Gasteiger partial charge < -0.3 is 15.0 Å². The van der Waals surface area contributed by atoms with Gasteiger partial charge in [-0.15, -0.1) is 0 Å². The van der Waals surface area contributed by atoms with E-state index in [9.17, 15) is 4.79 Å². The molecule has 2 N–H and O–H groups in total. The Morgan fingerprint density at radius 1 is 1.53 bits per heavy atom. The van der Waals surface area contributed by atoms with Gasteiger partial charge in [-0.25, -0.2) is 15.0 Å². The number of thioether (sulfide) groups is 1. The van der Waals surface area contributed by atoms with Gasteiger partial charge in [0.1, 0.15) is 12.1 Å². The molecule has 0 saturated carbocycles. The quantitative estimate of drug-likeness (QED) is 0.497. The average molecular weight is 281 g/mol. The molecule has 0 unspecified atom stereocenters. The van der Waals surface area contributed by atoms with Crippen LogP contribution in [0, 0.1) is 0 Å². The van der Waals surface area contributed by atoms with Crippen molar-refractivity contribution < 1.29 is 9.53 Å². The zero-order chi connectivity index (χ0) is 13.8. The lowest BCUT2D eigenvalue weighted by molar-refractivity contribution is -0.143. The molecule has 2 rings (SSSR count). The molecule has 0 radical (unpaired) electrons. The Kier molecular flexibility index (Phi) is 4.20. The van der Waals surface area contributed by atoms with Crippen LogP contribution in [0.5, 0.6) is 0 Å². The summed E-state index contributed by atoms with van der Waals surface area (Å²) in [5.74, 6) is 0.141. The Hall–Kier alpha value is -1.83. The number of esters is 1. The zero-order valence-corrected chi connectivity index (χ0v) is 11.6. The van der Waals surface area contributed by atoms with Crippen LogP contribution in [0.2, 0.25) is 0 Å². The predicted octanol–water partition coefficient (Wildman–Crippen LogP) is 1.08. The van der Waals surface area contributed by atoms with Crippen molar-refractivity contribution in [3.8, 4) is 0 Å². The van der Waals surface area contributed by atoms with Crippen molar-refractivity contribution in [2.75, 3.05) is 18.6 Å². The molecule has 0 aliphatic rings. The summed E-state index contributed by atoms with van der Waals surface area (Å²) in [7, 11) is 0. The summed E-state index contributed by atoms with van der Waals surface area (Å²) in [6.07, 6.45) is 3.88. The van der Waals surface area contributed by atoms with Crippen LogP contribution in [0.3, 0.4) is 0 Å². The van der Waals surface area contributed by atoms with Gasteiger partial charge in [-0.1, -0.05) is 18.7 Å². The lowest BCUT2D eigenvalue weighted by atomic mass is 10.5. The number of anilines is 1. The summed E-state index contributed by atoms with van der Waals surface area (Å²) in [6.45, 7) is 2.54. The van der Waals surface area contributed by atoms with Crippen molar-refractivity contribution >= 4 is 34.7 Å². The number of nitrogen functional groups attached to an aromatic ring is 1. The fourth-order valence-corrected chi connectivity index (χ4v) is 1.93. The Labute approximate surface area is 114 Å². The maximum absolute atomic E-state index is 11.1. The number of carbonyl (C=O) groups excluding carboxylic acids is 1. The fourth-order valence-electron chi connectivity index (χ4n) is 1.56. The van der Waals surface area contributed by atoms with Crippen LogP contribution in [-0.2, 0) is 16.1 Å². The molecule has 0 spiro atoms. The van der Waals surface area contributed by atoms with Crippen LogP contribution in [0.1, 0.15) is 13.3 Å². The second-order valence-corrected chi connectivity index (χ2v) is 4.55. The van der Waals surface area contributed by atoms with Crippen LogP contribution in [0.15, 0.2) is 11.5 Å². The van der Waals surface area contributed by atoms with E-state index in [4.69, 9.17) is 10.5 Å². The minimum Gasteiger partial charge on any atom is -0.464 e. The number of carbonyl (C=O) groups is 1. The van der Waals surface area contributed by atoms with Crippen molar-refractivity contribution in [3.63, 3.8) is 0 Å². The Balaban J connectivity index is 2.19. The van der Waals surface area contributed by atoms with Gasteiger partial charge in [0.25, 0.3) is 0 Å². The number of nitrogens with two attached hydrogens (primary N) is 1. The second kappa shape index (κ2) is 5.87. The molecule has 0 aliphatic carbocycles. The molecule has 7 nitrogen and oxygen atoms in total. The molecule has 0 aromatic carbocycles. The van der Waals surface area contributed by atoms with Gasteiger partial charge in [-0.05, 0) is 6.26 Å². The lowest BCUT2D eigenvalue weighted by Crippen LogP contribution is -2.10. The Morgan fingerprint density at radius 3 is 3.00 bits per heavy atom. The van der Waals surface area contributed by atoms with Gasteiger partial charge in [0.2, 0.25) is 0 Å². The topological polar surface area (TPSA) is 95.9 Å². The van der Waals surface area contributed by atoms with Crippen LogP contribution < -0.4 is 5.73 Å². The van der Waals surface area contributed by atoms with Gasteiger partial charge in [-0.3, -0.25) is 4.79 Å². The first-order valence-electron chi connectivity index (χ1n) is 5.83. The number of nitrogens with zero attached hydrogens (tertiary/aromatic N) is 4. The molecule has 0 bridgehead atoms. The average Bonchev–Trinajstić information content (AvgIpc) is 2.82. The monoisotopic (exact) mass is 281 g/mol. The van der Waals surface area contributed by atoms with Crippen molar-refractivity contribution in [1.29, 1.82) is 0 Å². The largest absolute Gasteiger partial charge is 0.464 e. The molecule has 8 heteroatoms. The van der Waals surface area contributed by atoms with Crippen molar-refractivity contribution in [2.45, 2.75) is 25.0 Å². The third kappa shape index (κ3) is 2.95. The summed E-state index contributed by atoms with van der Waals surface area (Å²) in [4.78, 5) is 23.7. The van der Waals surface area contributed by atoms with Gasteiger partial charge >= 0.3 is 5.97 Å². The number of aromatic nitrogens is 4. The molecule has 2 aromatic rings. The minimum absolute atomic E-state index is 0.219. The van der Waals surface area contributed by atoms with Crippen LogP contribution in [0.4, 0.5) is 5.82 Å². The highest BCUT2D eigenvalue weighted by Gasteiger charge is 2.11. The normalized spacial score (nSPS) is 10.8. The van der Waals surface area contributed by atoms with E-state index in [-0.39, 0.29) is 12.6 Å². The van der Waals surface area contributed by atoms with E-state index in [2.05, 4.69) is 15.0 Å². The van der Waals surface area contributed by atoms with E-state index in [0.717, 1.165) is 0 Å². The third-order valence-corrected chi connectivity index (χ3v) is 3.08. The first-order valence-corrected chi connectivity index (χ1v) is 7.06. The van der Waals surface area contributed by atoms with Gasteiger partial charge in [0.05, 0.1) is 12.9 Å². The predicted molar refractivity (Wildman–Crippen MR) is 72.8 cm³/mol. The van der Waals surface area contributed by atoms with E-state index in [1.165, 1.54) is 11.8 Å². The highest BCUT2D eigenvalue weighted by Crippen LogP contribution is 2.19. The molecular weight excluding hydrogens is 266 g/mol. The molecule has 0 amide bonds. The third-order valence-electron chi connectivity index (χ3n) is 2.54. The van der Waals surface area contributed by atoms with E-state index in [1.54, 1.807) is 17.8 Å². The van der Waals surface area contributed by atoms with Gasteiger partial charge in [-0.2, -0.15) is 0 Å². The number of rotatable bonds is 5. The molecule has 102 valence electrons. The maximum Gasteiger partial charge on any atom is 0.305 e. The molecule has 2 aromatic heterocycles. The van der Waals surface area contributed by atoms with E-state index >= 15 is 0 Å². The summed E-state index contributed by atoms with van der Waals surface area (Å²) in [5.41, 5.74) is 7.04. The molecule has 0 atom stereocenters. The molecule has 0 fully saturated rings. The second-order valence-electron chi connectivity index (χ2n) is 3.78. The van der Waals surface area contributed by atoms with Gasteiger partial charge in [0, 0.05) is 6.42 Å². The highest BCUT2D eigenvalue weighted by atomic mass is 32.2. The Bertz CT molecular complexity index is 598. The van der Waals surface area contributed by atoms with Crippen LogP contribution in [0.25, 0.3) is 11.2 Å². The van der Waals surface area contributed by atoms with E-state index in [1.807, 2.05) is 6.26 Å². The summed E-state index contributed by atoms with van der Waals surface area (Å²) >= 11 is 1.41. The Morgan fingerprint density at radius 2 is 2.32 bits per heavy atom. The number of hydrogen-bond acceptors (Lipinski definition) is 7. The van der Waals surface area contributed by atoms with Crippen LogP contribution in [-0.4, -0.2) is 38.4 Å². The zero-order valence-electron chi connectivity index (χ0n) is 10.8. The minimum atomic E-state index is -0.219. The fraction of sp³-hybridized carbons (Fsp3) is 0.455. The molecule has 0 saturated heterocycles. The number of hydrogen-bond donors (Lipinski definition) is 1. The maximum atomic E-state index is 11.1. The number of fused-ring (bicyclic) bond motifs is 1. The van der Waals surface area contributed by atoms with E-state index in [0.29, 0.717) is 35.1 Å². The first-order chi connectivity index (χ1) is 9.15. The summed E-state index contributed by atoms with van der Waals surface area (Å²) in [5, 5.41) is 0.595. The summed E-state index contributed by atoms with van der Waals surface area (Å²) in [6, 6.07) is 0. The smallest absolute Gasteiger partial charge is 0.305 e. The van der Waals surface area contributed by atoms with E-state index < -0.39 is 0 Å². The van der Waals surface area contributed by atoms with Gasteiger partial charge in [0.15, 0.2) is 16.6 Å². The summed E-state index contributed by atoms with van der Waals surface area (Å²) < 4.78 is 6.83. The SMILES string of the molecule is CCC(=O)OCCn1cnc2c(N)nc(SC)nc21. The first kappa shape index (κ1) is 13.6. The van der Waals surface area contributed by atoms with Crippen LogP contribution >= 0.6 is 11.8 Å². The lowest BCUT2D eigenvalue weighted by Gasteiger charge is -2.05. The molecular formula is C11H15N5O2S. The molecule has 19 heavy (non-hydrogen) atoms. The number of imidazole rings is 1. The standard InChI is InChI=1S/C11H15N5O2S/c1-3-7(17)18-5-4-16-6-13-8-9(12)14-11(19-2)15-10(8)16/h6H,3-5H2,1-2H3,(H2,12,14,15). The van der Waals surface area contributed by atoms with Crippen molar-refractivity contribution in [2.24, 2.45) is 0 Å². The molecule has 2 heterocycles. The highest BCUT2D eigenvalue weighted by molar-refractivity contribution is 7.98. The molecule has 0 aliphatic heterocycles.